The first-order valence-electron chi connectivity index (χ1n) is 7.06. The van der Waals surface area contributed by atoms with Crippen LogP contribution in [0.5, 0.6) is 0 Å². The summed E-state index contributed by atoms with van der Waals surface area (Å²) >= 11 is 1.82. The summed E-state index contributed by atoms with van der Waals surface area (Å²) < 4.78 is 5.45. The number of nitrogens with one attached hydrogen (secondary N) is 2. The number of hydrogen-bond donors (Lipinski definition) is 2. The Balaban J connectivity index is 1.89. The van der Waals surface area contributed by atoms with Gasteiger partial charge in [-0.2, -0.15) is 0 Å². The van der Waals surface area contributed by atoms with Crippen LogP contribution in [0.1, 0.15) is 25.5 Å². The zero-order chi connectivity index (χ0) is 14.4. The van der Waals surface area contributed by atoms with E-state index in [0.717, 1.165) is 17.9 Å². The molecular formula is C15H22N2O2S. The summed E-state index contributed by atoms with van der Waals surface area (Å²) in [4.78, 5) is 13.3. The van der Waals surface area contributed by atoms with Crippen molar-refractivity contribution in [2.45, 2.75) is 30.9 Å². The van der Waals surface area contributed by atoms with Crippen LogP contribution in [0.15, 0.2) is 29.2 Å². The molecule has 0 radical (unpaired) electrons. The zero-order valence-electron chi connectivity index (χ0n) is 12.0. The smallest absolute Gasteiger partial charge is 0.250 e. The summed E-state index contributed by atoms with van der Waals surface area (Å²) in [7, 11) is 0. The summed E-state index contributed by atoms with van der Waals surface area (Å²) in [5.74, 6) is 1.02. The van der Waals surface area contributed by atoms with E-state index in [1.54, 1.807) is 0 Å². The van der Waals surface area contributed by atoms with Crippen LogP contribution in [0.4, 0.5) is 0 Å². The lowest BCUT2D eigenvalue weighted by Gasteiger charge is -2.24. The molecule has 1 fully saturated rings. The Morgan fingerprint density at radius 3 is 2.85 bits per heavy atom. The van der Waals surface area contributed by atoms with Gasteiger partial charge in [-0.25, -0.2) is 0 Å². The lowest BCUT2D eigenvalue weighted by Crippen LogP contribution is -2.48. The van der Waals surface area contributed by atoms with Crippen LogP contribution in [-0.2, 0) is 9.53 Å². The van der Waals surface area contributed by atoms with E-state index in [2.05, 4.69) is 41.8 Å². The van der Waals surface area contributed by atoms with Gasteiger partial charge in [-0.15, -0.1) is 11.8 Å². The van der Waals surface area contributed by atoms with E-state index >= 15 is 0 Å². The Labute approximate surface area is 124 Å². The van der Waals surface area contributed by atoms with E-state index in [1.807, 2.05) is 18.7 Å². The first-order valence-corrected chi connectivity index (χ1v) is 8.04. The maximum Gasteiger partial charge on any atom is 0.250 e. The summed E-state index contributed by atoms with van der Waals surface area (Å²) in [6.45, 7) is 6.13. The fourth-order valence-electron chi connectivity index (χ4n) is 2.14. The van der Waals surface area contributed by atoms with Crippen LogP contribution >= 0.6 is 11.8 Å². The van der Waals surface area contributed by atoms with Crippen LogP contribution in [-0.4, -0.2) is 37.5 Å². The number of amides is 1. The summed E-state index contributed by atoms with van der Waals surface area (Å²) in [5.41, 5.74) is 1.11. The molecule has 0 aromatic heterocycles. The van der Waals surface area contributed by atoms with Crippen LogP contribution < -0.4 is 10.6 Å². The molecule has 0 saturated carbocycles. The Bertz CT molecular complexity index is 430. The molecule has 1 aliphatic rings. The molecule has 110 valence electrons. The molecule has 4 nitrogen and oxygen atoms in total. The molecule has 1 saturated heterocycles. The number of thioether (sulfide) groups is 1. The summed E-state index contributed by atoms with van der Waals surface area (Å²) in [6.07, 6.45) is -0.374. The van der Waals surface area contributed by atoms with Crippen LogP contribution in [0.25, 0.3) is 0 Å². The largest absolute Gasteiger partial charge is 0.366 e. The van der Waals surface area contributed by atoms with Crippen molar-refractivity contribution in [3.63, 3.8) is 0 Å². The molecule has 2 unspecified atom stereocenters. The van der Waals surface area contributed by atoms with Gasteiger partial charge in [0.25, 0.3) is 5.91 Å². The quantitative estimate of drug-likeness (QED) is 0.815. The van der Waals surface area contributed by atoms with Gasteiger partial charge in [0.15, 0.2) is 0 Å². The van der Waals surface area contributed by atoms with Crippen molar-refractivity contribution in [3.8, 4) is 0 Å². The second kappa shape index (κ2) is 7.67. The maximum atomic E-state index is 12.1. The monoisotopic (exact) mass is 294 g/mol. The highest BCUT2D eigenvalue weighted by atomic mass is 32.2. The molecular weight excluding hydrogens is 272 g/mol. The number of ether oxygens (including phenoxy) is 1. The molecule has 2 rings (SSSR count). The van der Waals surface area contributed by atoms with Gasteiger partial charge in [0.05, 0.1) is 12.6 Å². The van der Waals surface area contributed by atoms with Gasteiger partial charge in [-0.3, -0.25) is 4.79 Å². The van der Waals surface area contributed by atoms with Crippen molar-refractivity contribution >= 4 is 17.7 Å². The van der Waals surface area contributed by atoms with E-state index < -0.39 is 0 Å². The summed E-state index contributed by atoms with van der Waals surface area (Å²) in [6, 6.07) is 8.34. The van der Waals surface area contributed by atoms with Crippen molar-refractivity contribution in [3.05, 3.63) is 29.8 Å². The molecule has 0 bridgehead atoms. The van der Waals surface area contributed by atoms with Crippen molar-refractivity contribution in [2.75, 3.05) is 25.4 Å². The average Bonchev–Trinajstić information content (AvgIpc) is 2.49. The standard InChI is InChI=1S/C15H22N2O2S/c1-3-20-13-6-4-12(5-7-13)11(2)17-15(18)14-10-16-8-9-19-14/h4-7,11,14,16H,3,8-10H2,1-2H3,(H,17,18). The topological polar surface area (TPSA) is 50.4 Å². The molecule has 1 aromatic carbocycles. The number of carbonyl (C=O) groups is 1. The SMILES string of the molecule is CCSc1ccc(C(C)NC(=O)C2CNCCO2)cc1. The lowest BCUT2D eigenvalue weighted by atomic mass is 10.1. The van der Waals surface area contributed by atoms with Crippen LogP contribution in [0.3, 0.4) is 0 Å². The van der Waals surface area contributed by atoms with Gasteiger partial charge in [0.2, 0.25) is 0 Å². The first-order chi connectivity index (χ1) is 9.70. The summed E-state index contributed by atoms with van der Waals surface area (Å²) in [5, 5.41) is 6.17. The predicted octanol–water partition coefficient (Wildman–Crippen LogP) is 1.96. The van der Waals surface area contributed by atoms with Gasteiger partial charge < -0.3 is 15.4 Å². The number of morpholine rings is 1. The molecule has 2 N–H and O–H groups in total. The highest BCUT2D eigenvalue weighted by molar-refractivity contribution is 7.99. The normalized spacial score (nSPS) is 20.4. The van der Waals surface area contributed by atoms with Crippen molar-refractivity contribution in [1.29, 1.82) is 0 Å². The fraction of sp³-hybridized carbons (Fsp3) is 0.533. The van der Waals surface area contributed by atoms with Gasteiger partial charge in [0, 0.05) is 18.0 Å². The van der Waals surface area contributed by atoms with Crippen molar-refractivity contribution in [1.82, 2.24) is 10.6 Å². The number of benzene rings is 1. The fourth-order valence-corrected chi connectivity index (χ4v) is 2.80. The van der Waals surface area contributed by atoms with E-state index in [9.17, 15) is 4.79 Å². The molecule has 0 aliphatic carbocycles. The van der Waals surface area contributed by atoms with Gasteiger partial charge in [0.1, 0.15) is 6.10 Å². The molecule has 2 atom stereocenters. The van der Waals surface area contributed by atoms with E-state index in [0.29, 0.717) is 13.2 Å². The van der Waals surface area contributed by atoms with E-state index in [1.165, 1.54) is 4.90 Å². The second-order valence-corrected chi connectivity index (χ2v) is 6.13. The van der Waals surface area contributed by atoms with Gasteiger partial charge in [-0.05, 0) is 30.4 Å². The van der Waals surface area contributed by atoms with Gasteiger partial charge in [-0.1, -0.05) is 19.1 Å². The Morgan fingerprint density at radius 2 is 2.25 bits per heavy atom. The molecule has 1 aliphatic heterocycles. The molecule has 1 aromatic rings. The Morgan fingerprint density at radius 1 is 1.50 bits per heavy atom. The van der Waals surface area contributed by atoms with E-state index in [4.69, 9.17) is 4.74 Å². The molecule has 5 heteroatoms. The third kappa shape index (κ3) is 4.23. The first kappa shape index (κ1) is 15.4. The Hall–Kier alpha value is -1.04. The molecule has 1 amide bonds. The maximum absolute atomic E-state index is 12.1. The van der Waals surface area contributed by atoms with Gasteiger partial charge >= 0.3 is 0 Å². The number of rotatable bonds is 5. The van der Waals surface area contributed by atoms with Crippen LogP contribution in [0.2, 0.25) is 0 Å². The van der Waals surface area contributed by atoms with E-state index in [-0.39, 0.29) is 18.1 Å². The molecule has 0 spiro atoms. The highest BCUT2D eigenvalue weighted by Crippen LogP contribution is 2.20. The lowest BCUT2D eigenvalue weighted by molar-refractivity contribution is -0.134. The second-order valence-electron chi connectivity index (χ2n) is 4.80. The average molecular weight is 294 g/mol. The minimum Gasteiger partial charge on any atom is -0.366 e. The minimum absolute atomic E-state index is 0.00583. The zero-order valence-corrected chi connectivity index (χ0v) is 12.8. The Kier molecular flexibility index (Phi) is 5.88. The third-order valence-electron chi connectivity index (χ3n) is 3.27. The molecule has 1 heterocycles. The van der Waals surface area contributed by atoms with Crippen LogP contribution in [0, 0.1) is 0 Å². The predicted molar refractivity (Wildman–Crippen MR) is 82.0 cm³/mol. The number of hydrogen-bond acceptors (Lipinski definition) is 4. The van der Waals surface area contributed by atoms with Crippen molar-refractivity contribution in [2.24, 2.45) is 0 Å². The highest BCUT2D eigenvalue weighted by Gasteiger charge is 2.23. The minimum atomic E-state index is -0.374. The third-order valence-corrected chi connectivity index (χ3v) is 4.16. The number of carbonyl (C=O) groups excluding carboxylic acids is 1. The van der Waals surface area contributed by atoms with Crippen molar-refractivity contribution < 1.29 is 9.53 Å². The molecule has 20 heavy (non-hydrogen) atoms.